The van der Waals surface area contributed by atoms with Gasteiger partial charge in [0.1, 0.15) is 5.75 Å². The molecule has 0 unspecified atom stereocenters. The smallest absolute Gasteiger partial charge is 0.127 e. The highest BCUT2D eigenvalue weighted by molar-refractivity contribution is 7.15. The molecule has 0 aliphatic rings. The number of hydrogen-bond donors (Lipinski definition) is 0. The Hall–Kier alpha value is -1.28. The van der Waals surface area contributed by atoms with Crippen LogP contribution in [-0.2, 0) is 0 Å². The van der Waals surface area contributed by atoms with Gasteiger partial charge in [0.05, 0.1) is 7.11 Å². The van der Waals surface area contributed by atoms with E-state index in [9.17, 15) is 0 Å². The van der Waals surface area contributed by atoms with E-state index in [1.54, 1.807) is 7.11 Å². The first-order valence-corrected chi connectivity index (χ1v) is 6.27. The van der Waals surface area contributed by atoms with Gasteiger partial charge in [-0.05, 0) is 30.2 Å². The van der Waals surface area contributed by atoms with Gasteiger partial charge in [-0.2, -0.15) is 0 Å². The normalized spacial score (nSPS) is 10.8. The van der Waals surface area contributed by atoms with Gasteiger partial charge in [0.25, 0.3) is 0 Å². The van der Waals surface area contributed by atoms with Crippen molar-refractivity contribution in [2.24, 2.45) is 0 Å². The molecule has 2 heteroatoms. The first kappa shape index (κ1) is 11.2. The van der Waals surface area contributed by atoms with Crippen molar-refractivity contribution < 1.29 is 4.74 Å². The van der Waals surface area contributed by atoms with Crippen molar-refractivity contribution in [1.82, 2.24) is 0 Å². The second-order valence-corrected chi connectivity index (χ2v) is 5.17. The van der Waals surface area contributed by atoms with Gasteiger partial charge in [0, 0.05) is 15.3 Å². The molecule has 2 rings (SSSR count). The molecule has 1 aromatic heterocycles. The molecule has 0 radical (unpaired) electrons. The molecule has 0 atom stereocenters. The van der Waals surface area contributed by atoms with Crippen molar-refractivity contribution >= 4 is 11.3 Å². The topological polar surface area (TPSA) is 9.23 Å². The first-order valence-electron chi connectivity index (χ1n) is 5.45. The summed E-state index contributed by atoms with van der Waals surface area (Å²) in [5.74, 6) is 1.54. The minimum atomic E-state index is 0.591. The molecule has 0 aliphatic heterocycles. The summed E-state index contributed by atoms with van der Waals surface area (Å²) in [4.78, 5) is 2.70. The van der Waals surface area contributed by atoms with Gasteiger partial charge in [-0.3, -0.25) is 0 Å². The van der Waals surface area contributed by atoms with Gasteiger partial charge in [0.15, 0.2) is 0 Å². The van der Waals surface area contributed by atoms with Crippen molar-refractivity contribution in [3.05, 3.63) is 41.3 Å². The van der Waals surface area contributed by atoms with Crippen LogP contribution < -0.4 is 4.74 Å². The monoisotopic (exact) mass is 232 g/mol. The van der Waals surface area contributed by atoms with Crippen LogP contribution in [0.4, 0.5) is 0 Å². The fourth-order valence-electron chi connectivity index (χ4n) is 1.66. The molecular weight excluding hydrogens is 216 g/mol. The summed E-state index contributed by atoms with van der Waals surface area (Å²) < 4.78 is 5.38. The summed E-state index contributed by atoms with van der Waals surface area (Å²) in [5.41, 5.74) is 1.18. The van der Waals surface area contributed by atoms with Crippen LogP contribution in [0.3, 0.4) is 0 Å². The molecule has 0 saturated heterocycles. The number of hydrogen-bond acceptors (Lipinski definition) is 2. The first-order chi connectivity index (χ1) is 7.72. The molecule has 0 spiro atoms. The van der Waals surface area contributed by atoms with E-state index < -0.39 is 0 Å². The van der Waals surface area contributed by atoms with Crippen LogP contribution in [0.15, 0.2) is 36.4 Å². The van der Waals surface area contributed by atoms with Gasteiger partial charge in [-0.15, -0.1) is 11.3 Å². The molecule has 16 heavy (non-hydrogen) atoms. The highest BCUT2D eigenvalue weighted by Crippen LogP contribution is 2.36. The van der Waals surface area contributed by atoms with E-state index in [-0.39, 0.29) is 0 Å². The highest BCUT2D eigenvalue weighted by Gasteiger charge is 2.09. The molecule has 2 aromatic rings. The molecule has 84 valence electrons. The van der Waals surface area contributed by atoms with Crippen molar-refractivity contribution in [2.45, 2.75) is 19.8 Å². The molecule has 0 bridgehead atoms. The third-order valence-electron chi connectivity index (χ3n) is 2.57. The lowest BCUT2D eigenvalue weighted by molar-refractivity contribution is 0.416. The van der Waals surface area contributed by atoms with Gasteiger partial charge in [0.2, 0.25) is 0 Å². The van der Waals surface area contributed by atoms with Gasteiger partial charge >= 0.3 is 0 Å². The van der Waals surface area contributed by atoms with E-state index in [0.29, 0.717) is 5.92 Å². The molecular formula is C14H16OS. The highest BCUT2D eigenvalue weighted by atomic mass is 32.1. The maximum absolute atomic E-state index is 5.38. The van der Waals surface area contributed by atoms with Gasteiger partial charge < -0.3 is 4.74 Å². The minimum absolute atomic E-state index is 0.591. The Kier molecular flexibility index (Phi) is 3.30. The van der Waals surface area contributed by atoms with Crippen LogP contribution in [-0.4, -0.2) is 7.11 Å². The maximum Gasteiger partial charge on any atom is 0.127 e. The zero-order valence-corrected chi connectivity index (χ0v) is 10.7. The number of thiophene rings is 1. The third kappa shape index (κ3) is 2.12. The lowest BCUT2D eigenvalue weighted by atomic mass is 10.1. The number of methoxy groups -OCH3 is 1. The molecule has 1 heterocycles. The van der Waals surface area contributed by atoms with E-state index in [0.717, 1.165) is 5.75 Å². The van der Waals surface area contributed by atoms with E-state index in [1.165, 1.54) is 15.3 Å². The average Bonchev–Trinajstić information content (AvgIpc) is 2.78. The lowest BCUT2D eigenvalue weighted by Gasteiger charge is -2.05. The van der Waals surface area contributed by atoms with E-state index in [1.807, 2.05) is 29.5 Å². The zero-order chi connectivity index (χ0) is 11.5. The van der Waals surface area contributed by atoms with E-state index >= 15 is 0 Å². The average molecular weight is 232 g/mol. The van der Waals surface area contributed by atoms with Gasteiger partial charge in [-0.1, -0.05) is 26.0 Å². The van der Waals surface area contributed by atoms with Crippen LogP contribution in [0.1, 0.15) is 24.6 Å². The number of rotatable bonds is 3. The second kappa shape index (κ2) is 4.71. The van der Waals surface area contributed by atoms with Crippen LogP contribution >= 0.6 is 11.3 Å². The summed E-state index contributed by atoms with van der Waals surface area (Å²) in [7, 11) is 1.72. The Morgan fingerprint density at radius 1 is 1.06 bits per heavy atom. The number of ether oxygens (including phenoxy) is 1. The Morgan fingerprint density at radius 3 is 2.44 bits per heavy atom. The van der Waals surface area contributed by atoms with Crippen molar-refractivity contribution in [3.8, 4) is 16.2 Å². The predicted octanol–water partition coefficient (Wildman–Crippen LogP) is 4.55. The summed E-state index contributed by atoms with van der Waals surface area (Å²) in [6.45, 7) is 4.44. The van der Waals surface area contributed by atoms with Crippen LogP contribution in [0, 0.1) is 0 Å². The van der Waals surface area contributed by atoms with Crippen molar-refractivity contribution in [1.29, 1.82) is 0 Å². The Balaban J connectivity index is 2.42. The SMILES string of the molecule is COc1ccccc1-c1ccc(C(C)C)s1. The largest absolute Gasteiger partial charge is 0.496 e. The Bertz CT molecular complexity index is 471. The van der Waals surface area contributed by atoms with E-state index in [2.05, 4.69) is 32.0 Å². The van der Waals surface area contributed by atoms with Gasteiger partial charge in [-0.25, -0.2) is 0 Å². The predicted molar refractivity (Wildman–Crippen MR) is 70.4 cm³/mol. The standard InChI is InChI=1S/C14H16OS/c1-10(2)13-8-9-14(16-13)11-6-4-5-7-12(11)15-3/h4-10H,1-3H3. The summed E-state index contributed by atoms with van der Waals surface area (Å²) in [6.07, 6.45) is 0. The van der Waals surface area contributed by atoms with Crippen LogP contribution in [0.25, 0.3) is 10.4 Å². The number of para-hydroxylation sites is 1. The Labute approximate surface area is 101 Å². The lowest BCUT2D eigenvalue weighted by Crippen LogP contribution is -1.85. The van der Waals surface area contributed by atoms with Crippen molar-refractivity contribution in [3.63, 3.8) is 0 Å². The fourth-order valence-corrected chi connectivity index (χ4v) is 2.70. The molecule has 0 aliphatic carbocycles. The summed E-state index contributed by atoms with van der Waals surface area (Å²) >= 11 is 1.84. The zero-order valence-electron chi connectivity index (χ0n) is 9.86. The minimum Gasteiger partial charge on any atom is -0.496 e. The summed E-state index contributed by atoms with van der Waals surface area (Å²) in [6, 6.07) is 12.5. The third-order valence-corrected chi connectivity index (χ3v) is 3.99. The quantitative estimate of drug-likeness (QED) is 0.754. The molecule has 0 amide bonds. The molecule has 0 saturated carbocycles. The molecule has 0 N–H and O–H groups in total. The molecule has 0 fully saturated rings. The number of benzene rings is 1. The van der Waals surface area contributed by atoms with Crippen LogP contribution in [0.2, 0.25) is 0 Å². The summed E-state index contributed by atoms with van der Waals surface area (Å²) in [5, 5.41) is 0. The van der Waals surface area contributed by atoms with Crippen LogP contribution in [0.5, 0.6) is 5.75 Å². The fraction of sp³-hybridized carbons (Fsp3) is 0.286. The molecule has 1 nitrogen and oxygen atoms in total. The Morgan fingerprint density at radius 2 is 1.81 bits per heavy atom. The maximum atomic E-state index is 5.38. The second-order valence-electron chi connectivity index (χ2n) is 4.06. The molecule has 1 aromatic carbocycles. The van der Waals surface area contributed by atoms with E-state index in [4.69, 9.17) is 4.74 Å². The van der Waals surface area contributed by atoms with Crippen molar-refractivity contribution in [2.75, 3.05) is 7.11 Å².